The van der Waals surface area contributed by atoms with Crippen LogP contribution >= 0.6 is 11.6 Å². The molecule has 31 heavy (non-hydrogen) atoms. The SMILES string of the molecule is CCCC(NC(=O)NCc1ccc(F)cc1)C(=O)N1CCN(c2ccc(Cl)cn2)CC1. The van der Waals surface area contributed by atoms with Gasteiger partial charge in [0.15, 0.2) is 0 Å². The van der Waals surface area contributed by atoms with E-state index in [4.69, 9.17) is 11.6 Å². The van der Waals surface area contributed by atoms with Gasteiger partial charge < -0.3 is 20.4 Å². The van der Waals surface area contributed by atoms with Crippen molar-refractivity contribution in [1.29, 1.82) is 0 Å². The number of aromatic nitrogens is 1. The number of halogens is 2. The van der Waals surface area contributed by atoms with Gasteiger partial charge in [-0.15, -0.1) is 0 Å². The Morgan fingerprint density at radius 2 is 1.84 bits per heavy atom. The molecule has 1 atom stereocenters. The number of anilines is 1. The van der Waals surface area contributed by atoms with Crippen molar-refractivity contribution in [3.63, 3.8) is 0 Å². The number of urea groups is 1. The van der Waals surface area contributed by atoms with Crippen molar-refractivity contribution < 1.29 is 14.0 Å². The number of piperazine rings is 1. The minimum Gasteiger partial charge on any atom is -0.353 e. The van der Waals surface area contributed by atoms with Gasteiger partial charge in [0, 0.05) is 38.9 Å². The maximum Gasteiger partial charge on any atom is 0.315 e. The van der Waals surface area contributed by atoms with Crippen molar-refractivity contribution in [3.05, 3.63) is 59.0 Å². The number of amides is 3. The Balaban J connectivity index is 1.50. The summed E-state index contributed by atoms with van der Waals surface area (Å²) in [7, 11) is 0. The highest BCUT2D eigenvalue weighted by atomic mass is 35.5. The molecule has 1 saturated heterocycles. The van der Waals surface area contributed by atoms with E-state index in [1.165, 1.54) is 12.1 Å². The molecule has 9 heteroatoms. The van der Waals surface area contributed by atoms with Crippen molar-refractivity contribution >= 4 is 29.4 Å². The second-order valence-corrected chi connectivity index (χ2v) is 7.88. The van der Waals surface area contributed by atoms with Crippen LogP contribution in [-0.2, 0) is 11.3 Å². The van der Waals surface area contributed by atoms with E-state index in [2.05, 4.69) is 20.5 Å². The monoisotopic (exact) mass is 447 g/mol. The molecule has 7 nitrogen and oxygen atoms in total. The molecule has 1 unspecified atom stereocenters. The van der Waals surface area contributed by atoms with E-state index < -0.39 is 12.1 Å². The van der Waals surface area contributed by atoms with Crippen LogP contribution in [0.3, 0.4) is 0 Å². The van der Waals surface area contributed by atoms with Crippen LogP contribution in [0.2, 0.25) is 5.02 Å². The zero-order valence-electron chi connectivity index (χ0n) is 17.5. The standard InChI is InChI=1S/C22H27ClFN5O2/c1-2-3-19(27-22(31)26-14-16-4-7-18(24)8-5-16)21(30)29-12-10-28(11-13-29)20-9-6-17(23)15-25-20/h4-9,15,19H,2-3,10-14H2,1H3,(H2,26,27,31). The van der Waals surface area contributed by atoms with Gasteiger partial charge in [0.2, 0.25) is 5.91 Å². The smallest absolute Gasteiger partial charge is 0.315 e. The predicted octanol–water partition coefficient (Wildman–Crippen LogP) is 3.19. The Bertz CT molecular complexity index is 870. The van der Waals surface area contributed by atoms with Gasteiger partial charge >= 0.3 is 6.03 Å². The fraction of sp³-hybridized carbons (Fsp3) is 0.409. The van der Waals surface area contributed by atoms with Gasteiger partial charge in [-0.1, -0.05) is 37.1 Å². The number of nitrogens with one attached hydrogen (secondary N) is 2. The normalized spacial score (nSPS) is 14.8. The van der Waals surface area contributed by atoms with Crippen molar-refractivity contribution in [1.82, 2.24) is 20.5 Å². The summed E-state index contributed by atoms with van der Waals surface area (Å²) in [5, 5.41) is 6.10. The third-order valence-electron chi connectivity index (χ3n) is 5.17. The quantitative estimate of drug-likeness (QED) is 0.683. The minimum absolute atomic E-state index is 0.0810. The molecule has 1 aliphatic rings. The third kappa shape index (κ3) is 6.55. The highest BCUT2D eigenvalue weighted by Gasteiger charge is 2.28. The zero-order valence-corrected chi connectivity index (χ0v) is 18.2. The molecule has 2 N–H and O–H groups in total. The number of carbonyl (C=O) groups is 2. The average molecular weight is 448 g/mol. The lowest BCUT2D eigenvalue weighted by molar-refractivity contribution is -0.133. The van der Waals surface area contributed by atoms with Crippen LogP contribution in [0.5, 0.6) is 0 Å². The summed E-state index contributed by atoms with van der Waals surface area (Å²) in [6, 6.07) is 8.58. The number of hydrogen-bond donors (Lipinski definition) is 2. The van der Waals surface area contributed by atoms with Gasteiger partial charge in [0.25, 0.3) is 0 Å². The molecular weight excluding hydrogens is 421 g/mol. The maximum atomic E-state index is 13.0. The zero-order chi connectivity index (χ0) is 22.2. The van der Waals surface area contributed by atoms with Gasteiger partial charge in [-0.25, -0.2) is 14.2 Å². The summed E-state index contributed by atoms with van der Waals surface area (Å²) in [6.45, 7) is 4.67. The van der Waals surface area contributed by atoms with Gasteiger partial charge in [-0.3, -0.25) is 4.79 Å². The van der Waals surface area contributed by atoms with Crippen LogP contribution in [-0.4, -0.2) is 54.0 Å². The molecule has 0 spiro atoms. The minimum atomic E-state index is -0.585. The van der Waals surface area contributed by atoms with Crippen molar-refractivity contribution in [3.8, 4) is 0 Å². The van der Waals surface area contributed by atoms with Crippen LogP contribution < -0.4 is 15.5 Å². The lowest BCUT2D eigenvalue weighted by atomic mass is 10.1. The molecule has 1 aromatic heterocycles. The van der Waals surface area contributed by atoms with Crippen molar-refractivity contribution in [2.45, 2.75) is 32.4 Å². The molecule has 3 rings (SSSR count). The number of pyridine rings is 1. The molecule has 0 radical (unpaired) electrons. The Hall–Kier alpha value is -2.87. The molecule has 1 fully saturated rings. The Morgan fingerprint density at radius 3 is 2.45 bits per heavy atom. The Labute approximate surface area is 186 Å². The summed E-state index contributed by atoms with van der Waals surface area (Å²) in [5.41, 5.74) is 0.779. The van der Waals surface area contributed by atoms with Crippen molar-refractivity contribution in [2.75, 3.05) is 31.1 Å². The largest absolute Gasteiger partial charge is 0.353 e. The van der Waals surface area contributed by atoms with Crippen LogP contribution in [0.25, 0.3) is 0 Å². The molecule has 1 aromatic carbocycles. The molecule has 1 aliphatic heterocycles. The van der Waals surface area contributed by atoms with E-state index >= 15 is 0 Å². The molecule has 3 amide bonds. The molecule has 0 bridgehead atoms. The molecule has 0 aliphatic carbocycles. The van der Waals surface area contributed by atoms with Gasteiger partial charge in [0.1, 0.15) is 17.7 Å². The predicted molar refractivity (Wildman–Crippen MR) is 119 cm³/mol. The number of benzene rings is 1. The van der Waals surface area contributed by atoms with Gasteiger partial charge in [-0.2, -0.15) is 0 Å². The number of rotatable bonds is 7. The Morgan fingerprint density at radius 1 is 1.13 bits per heavy atom. The maximum absolute atomic E-state index is 13.0. The molecule has 2 heterocycles. The lowest BCUT2D eigenvalue weighted by Crippen LogP contribution is -2.56. The summed E-state index contributed by atoms with van der Waals surface area (Å²) >= 11 is 5.90. The summed E-state index contributed by atoms with van der Waals surface area (Å²) in [6.07, 6.45) is 2.94. The first-order valence-corrected chi connectivity index (χ1v) is 10.8. The molecule has 166 valence electrons. The van der Waals surface area contributed by atoms with Gasteiger partial charge in [-0.05, 0) is 36.2 Å². The van der Waals surface area contributed by atoms with E-state index in [1.54, 1.807) is 29.3 Å². The van der Waals surface area contributed by atoms with E-state index in [9.17, 15) is 14.0 Å². The number of nitrogens with zero attached hydrogens (tertiary/aromatic N) is 3. The van der Waals surface area contributed by atoms with Crippen LogP contribution in [0.4, 0.5) is 15.0 Å². The first-order valence-electron chi connectivity index (χ1n) is 10.4. The number of hydrogen-bond acceptors (Lipinski definition) is 4. The van der Waals surface area contributed by atoms with Crippen LogP contribution in [0.1, 0.15) is 25.3 Å². The van der Waals surface area contributed by atoms with Crippen LogP contribution in [0.15, 0.2) is 42.6 Å². The Kier molecular flexibility index (Phi) is 8.06. The fourth-order valence-corrected chi connectivity index (χ4v) is 3.58. The molecule has 2 aromatic rings. The third-order valence-corrected chi connectivity index (χ3v) is 5.40. The van der Waals surface area contributed by atoms with E-state index in [1.807, 2.05) is 13.0 Å². The topological polar surface area (TPSA) is 77.6 Å². The first-order chi connectivity index (χ1) is 15.0. The average Bonchev–Trinajstić information content (AvgIpc) is 2.78. The molecule has 0 saturated carbocycles. The highest BCUT2D eigenvalue weighted by molar-refractivity contribution is 6.30. The van der Waals surface area contributed by atoms with Crippen LogP contribution in [0, 0.1) is 5.82 Å². The number of carbonyl (C=O) groups excluding carboxylic acids is 2. The first kappa shape index (κ1) is 22.8. The lowest BCUT2D eigenvalue weighted by Gasteiger charge is -2.37. The van der Waals surface area contributed by atoms with E-state index in [0.29, 0.717) is 37.6 Å². The highest BCUT2D eigenvalue weighted by Crippen LogP contribution is 2.17. The fourth-order valence-electron chi connectivity index (χ4n) is 3.47. The second-order valence-electron chi connectivity index (χ2n) is 7.44. The van der Waals surface area contributed by atoms with E-state index in [0.717, 1.165) is 17.8 Å². The second kappa shape index (κ2) is 10.9. The van der Waals surface area contributed by atoms with Crippen molar-refractivity contribution in [2.24, 2.45) is 0 Å². The van der Waals surface area contributed by atoms with E-state index in [-0.39, 0.29) is 18.3 Å². The summed E-state index contributed by atoms with van der Waals surface area (Å²) in [4.78, 5) is 33.6. The molecular formula is C22H27ClFN5O2. The van der Waals surface area contributed by atoms with Gasteiger partial charge in [0.05, 0.1) is 5.02 Å². The summed E-state index contributed by atoms with van der Waals surface area (Å²) in [5.74, 6) is 0.427. The summed E-state index contributed by atoms with van der Waals surface area (Å²) < 4.78 is 13.0.